The molecule has 0 fully saturated rings. The van der Waals surface area contributed by atoms with E-state index >= 15 is 0 Å². The van der Waals surface area contributed by atoms with Crippen molar-refractivity contribution in [2.75, 3.05) is 13.6 Å². The SMILES string of the molecule is CNCC1=Nc2cc(-c3c[nH]c4cc(F)ccc34)ccc2C1. The number of benzene rings is 2. The molecule has 1 aliphatic rings. The Morgan fingerprint density at radius 1 is 1.23 bits per heavy atom. The van der Waals surface area contributed by atoms with Crippen LogP contribution in [0.3, 0.4) is 0 Å². The number of hydrogen-bond acceptors (Lipinski definition) is 2. The van der Waals surface area contributed by atoms with E-state index in [1.807, 2.05) is 19.3 Å². The Morgan fingerprint density at radius 2 is 2.14 bits per heavy atom. The zero-order valence-corrected chi connectivity index (χ0v) is 12.3. The van der Waals surface area contributed by atoms with Crippen molar-refractivity contribution in [2.24, 2.45) is 4.99 Å². The van der Waals surface area contributed by atoms with Gasteiger partial charge in [0.25, 0.3) is 0 Å². The minimum atomic E-state index is -0.226. The minimum absolute atomic E-state index is 0.226. The number of aliphatic imine (C=N–C) groups is 1. The molecule has 0 amide bonds. The van der Waals surface area contributed by atoms with E-state index in [2.05, 4.69) is 28.5 Å². The summed E-state index contributed by atoms with van der Waals surface area (Å²) in [5.74, 6) is -0.226. The predicted molar refractivity (Wildman–Crippen MR) is 88.4 cm³/mol. The van der Waals surface area contributed by atoms with Gasteiger partial charge < -0.3 is 10.3 Å². The van der Waals surface area contributed by atoms with Crippen LogP contribution in [0.4, 0.5) is 10.1 Å². The Balaban J connectivity index is 1.79. The number of H-pyrrole nitrogens is 1. The van der Waals surface area contributed by atoms with Crippen molar-refractivity contribution in [3.05, 3.63) is 54.0 Å². The average Bonchev–Trinajstić information content (AvgIpc) is 3.09. The third kappa shape index (κ3) is 2.12. The van der Waals surface area contributed by atoms with Crippen molar-refractivity contribution in [1.29, 1.82) is 0 Å². The fourth-order valence-corrected chi connectivity index (χ4v) is 3.06. The van der Waals surface area contributed by atoms with E-state index < -0.39 is 0 Å². The van der Waals surface area contributed by atoms with Crippen LogP contribution in [-0.4, -0.2) is 24.3 Å². The van der Waals surface area contributed by atoms with Crippen LogP contribution in [0, 0.1) is 5.82 Å². The van der Waals surface area contributed by atoms with Crippen LogP contribution in [0.1, 0.15) is 5.56 Å². The third-order valence-electron chi connectivity index (χ3n) is 4.09. The highest BCUT2D eigenvalue weighted by Crippen LogP contribution is 2.35. The first-order valence-electron chi connectivity index (χ1n) is 7.35. The number of halogens is 1. The van der Waals surface area contributed by atoms with Crippen molar-refractivity contribution < 1.29 is 4.39 Å². The highest BCUT2D eigenvalue weighted by atomic mass is 19.1. The second kappa shape index (κ2) is 5.07. The fraction of sp³-hybridized carbons (Fsp3) is 0.167. The minimum Gasteiger partial charge on any atom is -0.360 e. The lowest BCUT2D eigenvalue weighted by atomic mass is 10.0. The van der Waals surface area contributed by atoms with Gasteiger partial charge in [0.1, 0.15) is 5.82 Å². The van der Waals surface area contributed by atoms with Gasteiger partial charge in [-0.25, -0.2) is 4.39 Å². The maximum absolute atomic E-state index is 13.3. The zero-order valence-electron chi connectivity index (χ0n) is 12.3. The molecule has 1 aliphatic heterocycles. The standard InChI is InChI=1S/C18H16FN3/c1-20-9-14-6-12-3-2-11(7-17(12)22-14)16-10-21-18-8-13(19)4-5-15(16)18/h2-5,7-8,10,20-21H,6,9H2,1H3. The van der Waals surface area contributed by atoms with E-state index in [9.17, 15) is 4.39 Å². The molecule has 3 aromatic rings. The van der Waals surface area contributed by atoms with Crippen LogP contribution < -0.4 is 5.32 Å². The lowest BCUT2D eigenvalue weighted by Crippen LogP contribution is -2.18. The summed E-state index contributed by atoms with van der Waals surface area (Å²) in [5.41, 5.74) is 6.46. The molecule has 0 saturated heterocycles. The van der Waals surface area contributed by atoms with E-state index in [0.717, 1.165) is 46.4 Å². The molecular formula is C18H16FN3. The lowest BCUT2D eigenvalue weighted by Gasteiger charge is -2.03. The second-order valence-electron chi connectivity index (χ2n) is 5.62. The van der Waals surface area contributed by atoms with Crippen LogP contribution in [-0.2, 0) is 6.42 Å². The first-order chi connectivity index (χ1) is 10.7. The van der Waals surface area contributed by atoms with Crippen molar-refractivity contribution in [1.82, 2.24) is 10.3 Å². The van der Waals surface area contributed by atoms with Gasteiger partial charge in [0.2, 0.25) is 0 Å². The highest BCUT2D eigenvalue weighted by molar-refractivity contribution is 5.99. The summed E-state index contributed by atoms with van der Waals surface area (Å²) in [4.78, 5) is 7.83. The number of nitrogens with zero attached hydrogens (tertiary/aromatic N) is 1. The number of fused-ring (bicyclic) bond motifs is 2. The van der Waals surface area contributed by atoms with Gasteiger partial charge in [0.05, 0.1) is 5.69 Å². The zero-order chi connectivity index (χ0) is 15.1. The molecule has 0 bridgehead atoms. The summed E-state index contributed by atoms with van der Waals surface area (Å²) in [6, 6.07) is 11.2. The molecular weight excluding hydrogens is 277 g/mol. The van der Waals surface area contributed by atoms with Crippen LogP contribution in [0.5, 0.6) is 0 Å². The van der Waals surface area contributed by atoms with E-state index in [1.165, 1.54) is 17.7 Å². The average molecular weight is 293 g/mol. The monoisotopic (exact) mass is 293 g/mol. The van der Waals surface area contributed by atoms with Gasteiger partial charge in [-0.15, -0.1) is 0 Å². The first-order valence-corrected chi connectivity index (χ1v) is 7.35. The molecule has 0 atom stereocenters. The molecule has 4 rings (SSSR count). The van der Waals surface area contributed by atoms with Crippen molar-refractivity contribution >= 4 is 22.3 Å². The van der Waals surface area contributed by atoms with Crippen molar-refractivity contribution in [3.63, 3.8) is 0 Å². The Morgan fingerprint density at radius 3 is 3.00 bits per heavy atom. The van der Waals surface area contributed by atoms with Crippen LogP contribution in [0.25, 0.3) is 22.0 Å². The molecule has 110 valence electrons. The van der Waals surface area contributed by atoms with Gasteiger partial charge in [0.15, 0.2) is 0 Å². The summed E-state index contributed by atoms with van der Waals surface area (Å²) in [7, 11) is 1.93. The molecule has 0 radical (unpaired) electrons. The number of nitrogens with one attached hydrogen (secondary N) is 2. The summed E-state index contributed by atoms with van der Waals surface area (Å²) < 4.78 is 13.3. The van der Waals surface area contributed by atoms with Gasteiger partial charge in [-0.1, -0.05) is 12.1 Å². The summed E-state index contributed by atoms with van der Waals surface area (Å²) in [5, 5.41) is 4.17. The van der Waals surface area contributed by atoms with E-state index in [4.69, 9.17) is 4.99 Å². The highest BCUT2D eigenvalue weighted by Gasteiger charge is 2.15. The van der Waals surface area contributed by atoms with Gasteiger partial charge in [-0.3, -0.25) is 4.99 Å². The molecule has 0 saturated carbocycles. The number of aromatic amines is 1. The van der Waals surface area contributed by atoms with Crippen LogP contribution in [0.2, 0.25) is 0 Å². The van der Waals surface area contributed by atoms with E-state index in [0.29, 0.717) is 0 Å². The van der Waals surface area contributed by atoms with Gasteiger partial charge in [0, 0.05) is 41.3 Å². The molecule has 0 spiro atoms. The van der Waals surface area contributed by atoms with Crippen LogP contribution in [0.15, 0.2) is 47.6 Å². The number of rotatable bonds is 3. The largest absolute Gasteiger partial charge is 0.360 e. The van der Waals surface area contributed by atoms with Crippen LogP contribution >= 0.6 is 0 Å². The van der Waals surface area contributed by atoms with Crippen molar-refractivity contribution in [2.45, 2.75) is 6.42 Å². The van der Waals surface area contributed by atoms with Crippen molar-refractivity contribution in [3.8, 4) is 11.1 Å². The molecule has 1 aromatic heterocycles. The summed E-state index contributed by atoms with van der Waals surface area (Å²) in [6.07, 6.45) is 2.84. The Kier molecular flexibility index (Phi) is 3.05. The predicted octanol–water partition coefficient (Wildman–Crippen LogP) is 3.82. The normalized spacial score (nSPS) is 13.5. The maximum Gasteiger partial charge on any atom is 0.125 e. The third-order valence-corrected chi connectivity index (χ3v) is 4.09. The Labute approximate surface area is 127 Å². The number of aromatic nitrogens is 1. The molecule has 2 N–H and O–H groups in total. The molecule has 4 heteroatoms. The van der Waals surface area contributed by atoms with Gasteiger partial charge >= 0.3 is 0 Å². The number of hydrogen-bond donors (Lipinski definition) is 2. The molecule has 2 heterocycles. The summed E-state index contributed by atoms with van der Waals surface area (Å²) >= 11 is 0. The molecule has 3 nitrogen and oxygen atoms in total. The molecule has 2 aromatic carbocycles. The fourth-order valence-electron chi connectivity index (χ4n) is 3.06. The molecule has 0 aliphatic carbocycles. The van der Waals surface area contributed by atoms with Gasteiger partial charge in [-0.2, -0.15) is 0 Å². The summed E-state index contributed by atoms with van der Waals surface area (Å²) in [6.45, 7) is 0.816. The quantitative estimate of drug-likeness (QED) is 0.757. The second-order valence-corrected chi connectivity index (χ2v) is 5.62. The topological polar surface area (TPSA) is 40.2 Å². The van der Waals surface area contributed by atoms with E-state index in [-0.39, 0.29) is 5.82 Å². The molecule has 22 heavy (non-hydrogen) atoms. The maximum atomic E-state index is 13.3. The Hall–Kier alpha value is -2.46. The van der Waals surface area contributed by atoms with E-state index in [1.54, 1.807) is 0 Å². The smallest absolute Gasteiger partial charge is 0.125 e. The van der Waals surface area contributed by atoms with Gasteiger partial charge in [-0.05, 0) is 42.4 Å². The first kappa shape index (κ1) is 13.2. The Bertz CT molecular complexity index is 892. The molecule has 0 unspecified atom stereocenters. The lowest BCUT2D eigenvalue weighted by molar-refractivity contribution is 0.629.